The monoisotopic (exact) mass is 348 g/mol. The lowest BCUT2D eigenvalue weighted by atomic mass is 10.2. The zero-order valence-corrected chi connectivity index (χ0v) is 13.8. The largest absolute Gasteiger partial charge is 0.475 e. The molecule has 2 aromatic rings. The highest BCUT2D eigenvalue weighted by Gasteiger charge is 2.08. The van der Waals surface area contributed by atoms with Crippen molar-refractivity contribution in [2.75, 3.05) is 5.32 Å². The van der Waals surface area contributed by atoms with Crippen LogP contribution in [-0.2, 0) is 0 Å². The molecule has 110 valence electrons. The topological polar surface area (TPSA) is 51.2 Å². The van der Waals surface area contributed by atoms with E-state index in [4.69, 9.17) is 4.74 Å². The van der Waals surface area contributed by atoms with Crippen LogP contribution in [0.3, 0.4) is 0 Å². The number of carbonyl (C=O) groups is 1. The number of pyridine rings is 1. The average Bonchev–Trinajstić information content (AvgIpc) is 2.43. The summed E-state index contributed by atoms with van der Waals surface area (Å²) in [4.78, 5) is 16.3. The van der Waals surface area contributed by atoms with Gasteiger partial charge < -0.3 is 10.1 Å². The third kappa shape index (κ3) is 4.29. The zero-order valence-electron chi connectivity index (χ0n) is 12.2. The van der Waals surface area contributed by atoms with Crippen LogP contribution in [0, 0.1) is 6.92 Å². The minimum absolute atomic E-state index is 0.0575. The van der Waals surface area contributed by atoms with Crippen molar-refractivity contribution >= 4 is 27.5 Å². The predicted octanol–water partition coefficient (Wildman–Crippen LogP) is 4.19. The molecule has 1 N–H and O–H groups in total. The number of halogens is 1. The summed E-state index contributed by atoms with van der Waals surface area (Å²) in [7, 11) is 0. The van der Waals surface area contributed by atoms with Gasteiger partial charge in [0.25, 0.3) is 5.91 Å². The van der Waals surface area contributed by atoms with Gasteiger partial charge in [0, 0.05) is 22.4 Å². The number of benzene rings is 1. The Morgan fingerprint density at radius 3 is 2.62 bits per heavy atom. The van der Waals surface area contributed by atoms with Gasteiger partial charge in [0.15, 0.2) is 0 Å². The van der Waals surface area contributed by atoms with Crippen LogP contribution in [0.5, 0.6) is 5.88 Å². The number of rotatable bonds is 4. The molecule has 21 heavy (non-hydrogen) atoms. The van der Waals surface area contributed by atoms with E-state index in [9.17, 15) is 4.79 Å². The fourth-order valence-corrected chi connectivity index (χ4v) is 2.08. The van der Waals surface area contributed by atoms with Gasteiger partial charge in [-0.3, -0.25) is 4.79 Å². The maximum absolute atomic E-state index is 12.1. The minimum atomic E-state index is -0.200. The predicted molar refractivity (Wildman–Crippen MR) is 86.8 cm³/mol. The van der Waals surface area contributed by atoms with Crippen molar-refractivity contribution < 1.29 is 9.53 Å². The molecular weight excluding hydrogens is 332 g/mol. The summed E-state index contributed by atoms with van der Waals surface area (Å²) in [6.07, 6.45) is 1.57. The van der Waals surface area contributed by atoms with Crippen LogP contribution >= 0.6 is 15.9 Å². The first kappa shape index (κ1) is 15.5. The first-order valence-corrected chi connectivity index (χ1v) is 7.45. The van der Waals surface area contributed by atoms with E-state index in [0.29, 0.717) is 11.4 Å². The number of anilines is 1. The van der Waals surface area contributed by atoms with Gasteiger partial charge in [0.05, 0.1) is 11.7 Å². The van der Waals surface area contributed by atoms with Crippen molar-refractivity contribution in [3.63, 3.8) is 0 Å². The number of aromatic nitrogens is 1. The Hall–Kier alpha value is -1.88. The number of aryl methyl sites for hydroxylation is 1. The molecule has 0 aliphatic rings. The summed E-state index contributed by atoms with van der Waals surface area (Å²) < 4.78 is 6.40. The highest BCUT2D eigenvalue weighted by Crippen LogP contribution is 2.21. The van der Waals surface area contributed by atoms with Crippen LogP contribution in [0.2, 0.25) is 0 Å². The van der Waals surface area contributed by atoms with Crippen LogP contribution in [0.25, 0.3) is 0 Å². The van der Waals surface area contributed by atoms with Crippen molar-refractivity contribution in [1.82, 2.24) is 4.98 Å². The lowest BCUT2D eigenvalue weighted by Gasteiger charge is -2.09. The Bertz CT molecular complexity index is 639. The fourth-order valence-electron chi connectivity index (χ4n) is 1.70. The van der Waals surface area contributed by atoms with Gasteiger partial charge in [-0.05, 0) is 44.5 Å². The summed E-state index contributed by atoms with van der Waals surface area (Å²) in [5.41, 5.74) is 2.34. The SMILES string of the molecule is Cc1ccc(NC(=O)c2ccc(OC(C)C)nc2)cc1Br. The highest BCUT2D eigenvalue weighted by atomic mass is 79.9. The molecule has 1 aromatic carbocycles. The molecule has 0 unspecified atom stereocenters. The highest BCUT2D eigenvalue weighted by molar-refractivity contribution is 9.10. The summed E-state index contributed by atoms with van der Waals surface area (Å²) in [6, 6.07) is 9.07. The second-order valence-corrected chi connectivity index (χ2v) is 5.82. The van der Waals surface area contributed by atoms with E-state index in [1.807, 2.05) is 39.0 Å². The number of nitrogens with zero attached hydrogens (tertiary/aromatic N) is 1. The summed E-state index contributed by atoms with van der Waals surface area (Å²) in [6.45, 7) is 5.85. The zero-order chi connectivity index (χ0) is 15.4. The molecule has 0 saturated carbocycles. The molecule has 4 nitrogen and oxygen atoms in total. The van der Waals surface area contributed by atoms with E-state index in [2.05, 4.69) is 26.2 Å². The van der Waals surface area contributed by atoms with E-state index in [1.54, 1.807) is 12.1 Å². The number of hydrogen-bond acceptors (Lipinski definition) is 3. The van der Waals surface area contributed by atoms with E-state index in [-0.39, 0.29) is 12.0 Å². The molecule has 5 heteroatoms. The molecule has 0 aliphatic carbocycles. The molecular formula is C16H17BrN2O2. The fraction of sp³-hybridized carbons (Fsp3) is 0.250. The summed E-state index contributed by atoms with van der Waals surface area (Å²) >= 11 is 3.44. The standard InChI is InChI=1S/C16H17BrN2O2/c1-10(2)21-15-7-5-12(9-18-15)16(20)19-13-6-4-11(3)14(17)8-13/h4-10H,1-3H3,(H,19,20). The Morgan fingerprint density at radius 1 is 1.29 bits per heavy atom. The Labute approximate surface area is 132 Å². The molecule has 0 spiro atoms. The van der Waals surface area contributed by atoms with E-state index in [1.165, 1.54) is 6.20 Å². The van der Waals surface area contributed by atoms with Crippen molar-refractivity contribution in [2.45, 2.75) is 26.9 Å². The third-order valence-corrected chi connectivity index (χ3v) is 3.64. The number of ether oxygens (including phenoxy) is 1. The smallest absolute Gasteiger partial charge is 0.257 e. The van der Waals surface area contributed by atoms with Crippen molar-refractivity contribution in [3.05, 3.63) is 52.1 Å². The Morgan fingerprint density at radius 2 is 2.05 bits per heavy atom. The molecule has 1 amide bonds. The van der Waals surface area contributed by atoms with Crippen molar-refractivity contribution in [3.8, 4) is 5.88 Å². The maximum Gasteiger partial charge on any atom is 0.257 e. The lowest BCUT2D eigenvalue weighted by Crippen LogP contribution is -2.13. The molecule has 1 heterocycles. The normalized spacial score (nSPS) is 10.5. The molecule has 0 atom stereocenters. The van der Waals surface area contributed by atoms with Crippen LogP contribution in [0.4, 0.5) is 5.69 Å². The molecule has 2 rings (SSSR count). The average molecular weight is 349 g/mol. The number of amides is 1. The van der Waals surface area contributed by atoms with Gasteiger partial charge in [-0.15, -0.1) is 0 Å². The number of hydrogen-bond donors (Lipinski definition) is 1. The van der Waals surface area contributed by atoms with E-state index < -0.39 is 0 Å². The van der Waals surface area contributed by atoms with Gasteiger partial charge in [0.2, 0.25) is 5.88 Å². The van der Waals surface area contributed by atoms with Crippen LogP contribution in [0.1, 0.15) is 29.8 Å². The molecule has 0 radical (unpaired) electrons. The number of nitrogens with one attached hydrogen (secondary N) is 1. The molecule has 0 saturated heterocycles. The molecule has 1 aromatic heterocycles. The third-order valence-electron chi connectivity index (χ3n) is 2.78. The second-order valence-electron chi connectivity index (χ2n) is 4.97. The Kier molecular flexibility index (Phi) is 4.96. The van der Waals surface area contributed by atoms with Crippen LogP contribution in [0.15, 0.2) is 41.0 Å². The van der Waals surface area contributed by atoms with Crippen LogP contribution in [-0.4, -0.2) is 17.0 Å². The van der Waals surface area contributed by atoms with Gasteiger partial charge in [-0.25, -0.2) is 4.98 Å². The summed E-state index contributed by atoms with van der Waals surface area (Å²) in [5.74, 6) is 0.314. The van der Waals surface area contributed by atoms with Crippen molar-refractivity contribution in [2.24, 2.45) is 0 Å². The lowest BCUT2D eigenvalue weighted by molar-refractivity contribution is 0.102. The summed E-state index contributed by atoms with van der Waals surface area (Å²) in [5, 5.41) is 2.84. The van der Waals surface area contributed by atoms with Gasteiger partial charge in [-0.1, -0.05) is 22.0 Å². The maximum atomic E-state index is 12.1. The van der Waals surface area contributed by atoms with Crippen molar-refractivity contribution in [1.29, 1.82) is 0 Å². The van der Waals surface area contributed by atoms with E-state index >= 15 is 0 Å². The number of carbonyl (C=O) groups excluding carboxylic acids is 1. The quantitative estimate of drug-likeness (QED) is 0.900. The Balaban J connectivity index is 2.07. The molecule has 0 fully saturated rings. The second kappa shape index (κ2) is 6.72. The minimum Gasteiger partial charge on any atom is -0.475 e. The van der Waals surface area contributed by atoms with Gasteiger partial charge in [-0.2, -0.15) is 0 Å². The van der Waals surface area contributed by atoms with Crippen LogP contribution < -0.4 is 10.1 Å². The molecule has 0 bridgehead atoms. The van der Waals surface area contributed by atoms with E-state index in [0.717, 1.165) is 15.7 Å². The van der Waals surface area contributed by atoms with Gasteiger partial charge >= 0.3 is 0 Å². The first-order chi connectivity index (χ1) is 9.95. The first-order valence-electron chi connectivity index (χ1n) is 6.66. The van der Waals surface area contributed by atoms with Gasteiger partial charge in [0.1, 0.15) is 0 Å². The molecule has 0 aliphatic heterocycles.